The van der Waals surface area contributed by atoms with E-state index >= 15 is 0 Å². The Labute approximate surface area is 1080 Å². The van der Waals surface area contributed by atoms with Gasteiger partial charge in [0.05, 0.1) is 32.5 Å². The first-order chi connectivity index (χ1) is 55.9. The van der Waals surface area contributed by atoms with Crippen molar-refractivity contribution >= 4 is 135 Å². The summed E-state index contributed by atoms with van der Waals surface area (Å²) in [6.07, 6.45) is -67.5. The van der Waals surface area contributed by atoms with Crippen molar-refractivity contribution in [3.05, 3.63) is 0 Å². The van der Waals surface area contributed by atoms with Gasteiger partial charge in [0.15, 0.2) is 49.6 Å². The van der Waals surface area contributed by atoms with E-state index in [2.05, 4.69) is 82.1 Å². The van der Waals surface area contributed by atoms with E-state index < -0.39 is 296 Å². The molecule has 8 rings (SSSR count). The molecule has 4 aliphatic heterocycles. The van der Waals surface area contributed by atoms with Gasteiger partial charge in [0.1, 0.15) is 73.2 Å². The number of rotatable bonds is 43. The second-order valence-electron chi connectivity index (χ2n) is 30.2. The molecule has 0 aromatic carbocycles. The number of hydrogen-bond donors (Lipinski definition) is 0. The molecule has 4 saturated carbocycles. The molecule has 60 nitrogen and oxygen atoms in total. The predicted octanol–water partition coefficient (Wildman–Crippen LogP) is -46.9. The average Bonchev–Trinajstić information content (AvgIpc) is 1.64. The van der Waals surface area contributed by atoms with Gasteiger partial charge >= 0.3 is 384 Å². The first-order valence-electron chi connectivity index (χ1n) is 35.4. The summed E-state index contributed by atoms with van der Waals surface area (Å²) >= 11 is 0. The molecular weight excluding hydrogens is 2290 g/mol. The normalized spacial score (nSPS) is 33.6. The fraction of sp³-hybridized carbons (Fsp3) is 1.00. The topological polar surface area (TPSA) is 937 Å². The molecule has 0 aromatic rings. The molecule has 4 saturated heterocycles. The van der Waals surface area contributed by atoms with E-state index in [9.17, 15) is 169 Å². The third-order valence-corrected chi connectivity index (χ3v) is 27.8. The van der Waals surface area contributed by atoms with Gasteiger partial charge in [0.25, 0.3) is 0 Å². The van der Waals surface area contributed by atoms with Crippen LogP contribution >= 0.6 is 0 Å². The molecule has 4 heterocycles. The van der Waals surface area contributed by atoms with Crippen LogP contribution in [0.2, 0.25) is 0 Å². The summed E-state index contributed by atoms with van der Waals surface area (Å²) in [5.74, 6) is 1.67. The second kappa shape index (κ2) is 63.6. The molecule has 8 aliphatic rings. The van der Waals surface area contributed by atoms with Crippen LogP contribution in [0.3, 0.4) is 0 Å². The van der Waals surface area contributed by atoms with Crippen LogP contribution in [0, 0.1) is 52.3 Å². The van der Waals surface area contributed by atoms with Gasteiger partial charge in [-0.05, 0) is 110 Å². The van der Waals surface area contributed by atoms with E-state index in [4.69, 9.17) is 37.9 Å². The molecule has 0 radical (unpaired) electrons. The first kappa shape index (κ1) is 159. The molecule has 4 aliphatic carbocycles. The van der Waals surface area contributed by atoms with E-state index in [0.29, 0.717) is 36.5 Å². The van der Waals surface area contributed by atoms with Crippen LogP contribution in [0.5, 0.6) is 0 Å². The Bertz CT molecular complexity index is 5380. The quantitative estimate of drug-likeness (QED) is 0.0237. The van der Waals surface area contributed by atoms with Crippen LogP contribution in [-0.2, 0) is 227 Å². The van der Waals surface area contributed by atoms with Crippen LogP contribution in [0.1, 0.15) is 112 Å². The van der Waals surface area contributed by atoms with Gasteiger partial charge in [-0.1, -0.05) is 53.9 Å². The van der Waals surface area contributed by atoms with Crippen LogP contribution in [0.25, 0.3) is 0 Å². The van der Waals surface area contributed by atoms with Gasteiger partial charge < -0.3 is 97.1 Å². The van der Waals surface area contributed by atoms with Crippen molar-refractivity contribution < 1.29 is 645 Å². The molecule has 0 N–H and O–H groups in total. The fourth-order valence-electron chi connectivity index (χ4n) is 17.8. The maximum absolute atomic E-state index is 13.0. The van der Waals surface area contributed by atoms with Crippen molar-refractivity contribution in [2.24, 2.45) is 52.3 Å². The van der Waals surface area contributed by atoms with Crippen LogP contribution in [0.15, 0.2) is 0 Å². The molecule has 8 fully saturated rings. The minimum Gasteiger partial charge on any atom is -0.726 e. The fourth-order valence-corrected chi connectivity index (χ4v) is 23.4. The van der Waals surface area contributed by atoms with Gasteiger partial charge in [0, 0.05) is 0 Å². The summed E-state index contributed by atoms with van der Waals surface area (Å²) in [5.41, 5.74) is -0.500. The van der Waals surface area contributed by atoms with Crippen molar-refractivity contribution in [3.63, 3.8) is 0 Å². The molecule has 0 spiro atoms. The van der Waals surface area contributed by atoms with Gasteiger partial charge in [-0.2, -0.15) is 0 Å². The summed E-state index contributed by atoms with van der Waals surface area (Å²) in [7, 11) is -87.9. The minimum atomic E-state index is -7.13. The molecule has 29 atom stereocenters. The third-order valence-electron chi connectivity index (χ3n) is 22.0. The Morgan fingerprint density at radius 3 is 0.803 bits per heavy atom. The molecule has 86 heteroatoms. The first-order valence-corrected chi connectivity index (χ1v) is 52.7. The van der Waals surface area contributed by atoms with Crippen molar-refractivity contribution in [2.75, 3.05) is 26.4 Å². The summed E-state index contributed by atoms with van der Waals surface area (Å²) in [6.45, 7) is 1.40. The maximum atomic E-state index is 13.0. The Hall–Kier alpha value is 11.0. The summed E-state index contributed by atoms with van der Waals surface area (Å²) in [4.78, 5) is 0. The van der Waals surface area contributed by atoms with Gasteiger partial charge in [0.2, 0.25) is 135 Å². The molecule has 0 aromatic heterocycles. The number of fused-ring (bicyclic) bond motifs is 5. The molecule has 137 heavy (non-hydrogen) atoms. The average molecular weight is 2360 g/mol. The zero-order chi connectivity index (χ0) is 93.8. The van der Waals surface area contributed by atoms with E-state index in [1.165, 1.54) is 0 Å². The van der Waals surface area contributed by atoms with Crippen LogP contribution in [-0.4, -0.2) is 324 Å². The van der Waals surface area contributed by atoms with E-state index in [0.717, 1.165) is 44.9 Å². The van der Waals surface area contributed by atoms with Gasteiger partial charge in [-0.3, -0.25) is 54.4 Å². The van der Waals surface area contributed by atoms with E-state index in [1.807, 2.05) is 6.92 Å². The Morgan fingerprint density at radius 2 is 0.526 bits per heavy atom. The van der Waals surface area contributed by atoms with E-state index in [1.54, 1.807) is 0 Å². The van der Waals surface area contributed by atoms with E-state index in [-0.39, 0.29) is 427 Å². The number of ether oxygens (including phenoxy) is 8. The van der Waals surface area contributed by atoms with Crippen molar-refractivity contribution in [1.29, 1.82) is 0 Å². The molecule has 0 bridgehead atoms. The third kappa shape index (κ3) is 51.9. The zero-order valence-corrected chi connectivity index (χ0v) is 113. The standard InChI is InChI=1S/C51H88O60S13.13Na/c1-22(2)7-6-8-23(3)27-11-12-28-26-10-9-24-17-25(13-15-50(24,4)29(26)14-16-51(27,28)5)95-46-42(108-121(79,80)81)38(104-117(67,68)69)34(30(96-46)18-91-112(52,53)54)100-47-43(109-122(82,83)84)39(105-118(70,71)72)35(31(97-47)19-92-113(55,56)57)101-48-44(110-123(85,86)87)40(106-119(73,74)75)36(32(98-48)20-93-114(58,59)60)102-49-45(111-124(88,89)90)41(107-120(76,77)78)37(103-116(64,65)66)33(99-49)21-94-115(61,62)63;;;;;;;;;;;;;/h22-49H,6-21H2,1-5H3,(H,52,53,54)(H,55,56,57)(H,58,59,60)(H,61,62,63)(H,64,65,66)(H,67,68,69)(H,70,71,72)(H,73,74,75)(H,76,77,78)(H,79,80,81)(H,82,83,84)(H,85,86,87)(H,88,89,90);;;;;;;;;;;;;/q;13*+1/p-13/t23?,24?,25?,26?,27?,28?,29?,30?,31?,32?,33?,34?,35?,36?,37?,38?,39?,40?,41?,42?,43?,44?,45?,46?,47?,48?,49?,50-,51+;;;;;;;;;;;;;/m0............./s1. The number of hydrogen-bond acceptors (Lipinski definition) is 60. The van der Waals surface area contributed by atoms with Gasteiger partial charge in [-0.25, -0.2) is 109 Å². The van der Waals surface area contributed by atoms with Gasteiger partial charge in [-0.15, -0.1) is 0 Å². The maximum Gasteiger partial charge on any atom is 1.00 e. The Kier molecular flexibility index (Phi) is 73.6. The van der Waals surface area contributed by atoms with Crippen molar-refractivity contribution in [2.45, 2.75) is 241 Å². The van der Waals surface area contributed by atoms with Crippen molar-refractivity contribution in [3.8, 4) is 0 Å². The summed E-state index contributed by atoms with van der Waals surface area (Å²) in [5, 5.41) is 0. The summed E-state index contributed by atoms with van der Waals surface area (Å²) in [6, 6.07) is 0. The van der Waals surface area contributed by atoms with Crippen molar-refractivity contribution in [1.82, 2.24) is 0 Å². The molecule has 730 valence electrons. The van der Waals surface area contributed by atoms with Crippen LogP contribution in [0.4, 0.5) is 0 Å². The monoisotopic (exact) mass is 2360 g/mol. The predicted molar refractivity (Wildman–Crippen MR) is 361 cm³/mol. The second-order valence-corrected chi connectivity index (χ2v) is 43.5. The zero-order valence-electron chi connectivity index (χ0n) is 76.3. The largest absolute Gasteiger partial charge is 1.00 e. The molecule has 0 amide bonds. The Morgan fingerprint density at radius 1 is 0.277 bits per heavy atom. The minimum absolute atomic E-state index is 0. The SMILES string of the molecule is CC(C)CCCC(C)C1CCC2C3CCC4CC(OC5OC(COS(=O)(=O)[O-])C(OC6OC(COS(=O)(=O)[O-])C(OC7OC(COS(=O)(=O)[O-])C(OC8OC(COS(=O)(=O)[O-])C(OS(=O)(=O)[O-])C(OS(=O)(=O)[O-])C8OS(=O)(=O)[O-])C(OS(=O)(=O)[O-])C7OS(=O)(=O)[O-])C(OS(=O)(=O)[O-])C6OS(=O)(=O)[O-])C(OS(=O)(=O)[O-])C5OS(=O)(=O)[O-])CC[C@]4(C)C3CC[C@]12C.[Na+].[Na+].[Na+].[Na+].[Na+].[Na+].[Na+].[Na+].[Na+].[Na+].[Na+].[Na+].[Na+]. The molecular formula is C51H75Na13O60S13. The smallest absolute Gasteiger partial charge is 0.726 e. The molecule has 27 unspecified atom stereocenters. The van der Waals surface area contributed by atoms with Crippen LogP contribution < -0.4 is 384 Å². The Balaban J connectivity index is -0.00000330. The summed E-state index contributed by atoms with van der Waals surface area (Å²) < 4.78 is 585.